The lowest BCUT2D eigenvalue weighted by atomic mass is 10.0. The van der Waals surface area contributed by atoms with Crippen LogP contribution >= 0.6 is 0 Å². The Morgan fingerprint density at radius 2 is 1.73 bits per heavy atom. The van der Waals surface area contributed by atoms with Gasteiger partial charge < -0.3 is 14.8 Å². The first kappa shape index (κ1) is 18.2. The largest absolute Gasteiger partial charge is 0.367 e. The molecule has 1 N–H and O–H groups in total. The predicted molar refractivity (Wildman–Crippen MR) is 102 cm³/mol. The van der Waals surface area contributed by atoms with Crippen LogP contribution in [0.2, 0.25) is 0 Å². The van der Waals surface area contributed by atoms with Crippen molar-refractivity contribution < 1.29 is 9.59 Å². The van der Waals surface area contributed by atoms with Gasteiger partial charge in [-0.1, -0.05) is 24.3 Å². The van der Waals surface area contributed by atoms with Gasteiger partial charge in [-0.15, -0.1) is 0 Å². The van der Waals surface area contributed by atoms with Gasteiger partial charge in [0.15, 0.2) is 0 Å². The summed E-state index contributed by atoms with van der Waals surface area (Å²) >= 11 is 0. The Morgan fingerprint density at radius 3 is 2.42 bits per heavy atom. The van der Waals surface area contributed by atoms with Gasteiger partial charge >= 0.3 is 0 Å². The molecular weight excluding hydrogens is 326 g/mol. The van der Waals surface area contributed by atoms with Crippen molar-refractivity contribution in [3.63, 3.8) is 0 Å². The Labute approximate surface area is 155 Å². The van der Waals surface area contributed by atoms with Crippen molar-refractivity contribution in [2.24, 2.45) is 0 Å². The van der Waals surface area contributed by atoms with Gasteiger partial charge in [-0.3, -0.25) is 9.59 Å². The number of hydrogen-bond donors (Lipinski definition) is 1. The summed E-state index contributed by atoms with van der Waals surface area (Å²) in [5.41, 5.74) is 3.47. The molecule has 0 bridgehead atoms. The molecule has 1 fully saturated rings. The molecule has 0 saturated carbocycles. The zero-order chi connectivity index (χ0) is 18.4. The van der Waals surface area contributed by atoms with Gasteiger partial charge in [0.1, 0.15) is 0 Å². The Kier molecular flexibility index (Phi) is 6.10. The molecule has 26 heavy (non-hydrogen) atoms. The summed E-state index contributed by atoms with van der Waals surface area (Å²) in [4.78, 5) is 31.8. The molecule has 0 aliphatic carbocycles. The predicted octanol–water partition coefficient (Wildman–Crippen LogP) is 2.56. The molecule has 5 heteroatoms. The molecule has 0 spiro atoms. The lowest BCUT2D eigenvalue weighted by Gasteiger charge is -2.22. The first-order chi connectivity index (χ1) is 12.6. The van der Waals surface area contributed by atoms with Crippen LogP contribution in [-0.2, 0) is 22.4 Å². The minimum atomic E-state index is 0.138. The Balaban J connectivity index is 1.49. The fraction of sp³-hybridized carbons (Fsp3) is 0.429. The van der Waals surface area contributed by atoms with Crippen LogP contribution in [0.15, 0.2) is 42.7 Å². The number of aromatic nitrogens is 1. The lowest BCUT2D eigenvalue weighted by Crippen LogP contribution is -2.38. The minimum Gasteiger partial charge on any atom is -0.367 e. The third-order valence-corrected chi connectivity index (χ3v) is 5.09. The highest BCUT2D eigenvalue weighted by atomic mass is 16.2. The summed E-state index contributed by atoms with van der Waals surface area (Å²) in [6.45, 7) is 4.80. The molecule has 1 aliphatic heterocycles. The maximum atomic E-state index is 12.6. The van der Waals surface area contributed by atoms with E-state index >= 15 is 0 Å². The molecule has 138 valence electrons. The van der Waals surface area contributed by atoms with E-state index < -0.39 is 0 Å². The highest BCUT2D eigenvalue weighted by molar-refractivity contribution is 5.79. The van der Waals surface area contributed by atoms with E-state index in [0.717, 1.165) is 31.5 Å². The van der Waals surface area contributed by atoms with E-state index in [4.69, 9.17) is 0 Å². The fourth-order valence-corrected chi connectivity index (χ4v) is 3.46. The number of aromatic amines is 1. The number of carbonyl (C=O) groups is 2. The van der Waals surface area contributed by atoms with Gasteiger partial charge in [0, 0.05) is 45.0 Å². The van der Waals surface area contributed by atoms with E-state index in [1.54, 1.807) is 0 Å². The van der Waals surface area contributed by atoms with Gasteiger partial charge in [0.25, 0.3) is 0 Å². The van der Waals surface area contributed by atoms with Gasteiger partial charge in [0.2, 0.25) is 11.8 Å². The Hall–Kier alpha value is -2.56. The first-order valence-corrected chi connectivity index (χ1v) is 9.35. The second kappa shape index (κ2) is 8.70. The van der Waals surface area contributed by atoms with Crippen LogP contribution in [-0.4, -0.2) is 52.8 Å². The number of rotatable bonds is 5. The Bertz CT molecular complexity index is 739. The quantitative estimate of drug-likeness (QED) is 0.898. The van der Waals surface area contributed by atoms with Crippen LogP contribution in [0.4, 0.5) is 0 Å². The van der Waals surface area contributed by atoms with Gasteiger partial charge in [-0.25, -0.2) is 0 Å². The molecule has 5 nitrogen and oxygen atoms in total. The number of hydrogen-bond acceptors (Lipinski definition) is 2. The van der Waals surface area contributed by atoms with Crippen molar-refractivity contribution in [1.29, 1.82) is 0 Å². The summed E-state index contributed by atoms with van der Waals surface area (Å²) in [5.74, 6) is 0.326. The second-order valence-corrected chi connectivity index (χ2v) is 6.94. The van der Waals surface area contributed by atoms with Crippen molar-refractivity contribution in [1.82, 2.24) is 14.8 Å². The van der Waals surface area contributed by atoms with Crippen molar-refractivity contribution in [2.75, 3.05) is 26.2 Å². The third kappa shape index (κ3) is 4.75. The van der Waals surface area contributed by atoms with E-state index in [-0.39, 0.29) is 11.8 Å². The molecule has 0 unspecified atom stereocenters. The summed E-state index contributed by atoms with van der Waals surface area (Å²) in [5, 5.41) is 0. The number of benzene rings is 1. The minimum absolute atomic E-state index is 0.138. The van der Waals surface area contributed by atoms with Crippen molar-refractivity contribution in [3.05, 3.63) is 59.4 Å². The number of nitrogens with zero attached hydrogens (tertiary/aromatic N) is 2. The molecule has 0 atom stereocenters. The fourth-order valence-electron chi connectivity index (χ4n) is 3.46. The highest BCUT2D eigenvalue weighted by Gasteiger charge is 2.22. The average molecular weight is 353 g/mol. The zero-order valence-electron chi connectivity index (χ0n) is 15.4. The molecular formula is C21H27N3O2. The summed E-state index contributed by atoms with van der Waals surface area (Å²) in [7, 11) is 0. The monoisotopic (exact) mass is 353 g/mol. The second-order valence-electron chi connectivity index (χ2n) is 6.94. The SMILES string of the molecule is Cc1ccccc1CCC(=O)N1CCCN(C(=O)Cc2cc[nH]c2)CC1. The zero-order valence-corrected chi connectivity index (χ0v) is 15.4. The summed E-state index contributed by atoms with van der Waals surface area (Å²) in [6.07, 6.45) is 6.26. The number of carbonyl (C=O) groups excluding carboxylic acids is 2. The maximum Gasteiger partial charge on any atom is 0.227 e. The lowest BCUT2D eigenvalue weighted by molar-refractivity contribution is -0.133. The average Bonchev–Trinajstić information content (AvgIpc) is 3.02. The molecule has 1 aromatic carbocycles. The van der Waals surface area contributed by atoms with E-state index in [0.29, 0.717) is 25.9 Å². The van der Waals surface area contributed by atoms with Crippen LogP contribution in [0.25, 0.3) is 0 Å². The molecule has 1 aromatic heterocycles. The molecule has 1 aliphatic rings. The number of H-pyrrole nitrogens is 1. The van der Waals surface area contributed by atoms with Crippen LogP contribution in [0.3, 0.4) is 0 Å². The Morgan fingerprint density at radius 1 is 1.00 bits per heavy atom. The standard InChI is InChI=1S/C21H27N3O2/c1-17-5-2-3-6-19(17)7-8-20(25)23-11-4-12-24(14-13-23)21(26)15-18-9-10-22-16-18/h2-3,5-6,9-10,16,22H,4,7-8,11-15H2,1H3. The van der Waals surface area contributed by atoms with Gasteiger partial charge in [0.05, 0.1) is 6.42 Å². The van der Waals surface area contributed by atoms with Crippen molar-refractivity contribution in [3.8, 4) is 0 Å². The van der Waals surface area contributed by atoms with E-state index in [2.05, 4.69) is 24.0 Å². The summed E-state index contributed by atoms with van der Waals surface area (Å²) < 4.78 is 0. The maximum absolute atomic E-state index is 12.6. The van der Waals surface area contributed by atoms with Crippen molar-refractivity contribution >= 4 is 11.8 Å². The van der Waals surface area contributed by atoms with E-state index in [9.17, 15) is 9.59 Å². The van der Waals surface area contributed by atoms with E-state index in [1.165, 1.54) is 11.1 Å². The molecule has 2 heterocycles. The van der Waals surface area contributed by atoms with Crippen LogP contribution in [0.5, 0.6) is 0 Å². The normalized spacial score (nSPS) is 15.0. The first-order valence-electron chi connectivity index (χ1n) is 9.35. The smallest absolute Gasteiger partial charge is 0.227 e. The van der Waals surface area contributed by atoms with Crippen LogP contribution in [0, 0.1) is 6.92 Å². The van der Waals surface area contributed by atoms with Crippen molar-refractivity contribution in [2.45, 2.75) is 32.6 Å². The van der Waals surface area contributed by atoms with Gasteiger partial charge in [-0.2, -0.15) is 0 Å². The molecule has 3 rings (SSSR count). The number of amides is 2. The molecule has 0 radical (unpaired) electrons. The van der Waals surface area contributed by atoms with Crippen LogP contribution < -0.4 is 0 Å². The molecule has 1 saturated heterocycles. The number of aryl methyl sites for hydroxylation is 2. The van der Waals surface area contributed by atoms with E-state index in [1.807, 2.05) is 40.4 Å². The third-order valence-electron chi connectivity index (χ3n) is 5.09. The summed E-state index contributed by atoms with van der Waals surface area (Å²) in [6, 6.07) is 10.1. The molecule has 2 aromatic rings. The molecule has 2 amide bonds. The topological polar surface area (TPSA) is 56.4 Å². The highest BCUT2D eigenvalue weighted by Crippen LogP contribution is 2.12. The van der Waals surface area contributed by atoms with Crippen LogP contribution in [0.1, 0.15) is 29.5 Å². The number of nitrogens with one attached hydrogen (secondary N) is 1. The van der Waals surface area contributed by atoms with Gasteiger partial charge in [-0.05, 0) is 42.5 Å².